The van der Waals surface area contributed by atoms with E-state index in [0.29, 0.717) is 33.8 Å². The van der Waals surface area contributed by atoms with Gasteiger partial charge >= 0.3 is 0 Å². The number of amides is 1. The number of fused-ring (bicyclic) bond motifs is 2. The van der Waals surface area contributed by atoms with Crippen LogP contribution in [-0.4, -0.2) is 26.8 Å². The molecule has 3 aromatic carbocycles. The summed E-state index contributed by atoms with van der Waals surface area (Å²) in [7, 11) is 0. The van der Waals surface area contributed by atoms with Crippen LogP contribution in [0.4, 0.5) is 11.5 Å². The first-order chi connectivity index (χ1) is 17.3. The van der Waals surface area contributed by atoms with Gasteiger partial charge in [0, 0.05) is 5.69 Å². The summed E-state index contributed by atoms with van der Waals surface area (Å²) in [6.07, 6.45) is 1.71. The molecule has 0 bridgehead atoms. The van der Waals surface area contributed by atoms with Gasteiger partial charge in [-0.1, -0.05) is 56.3 Å². The lowest BCUT2D eigenvalue weighted by Crippen LogP contribution is -2.14. The van der Waals surface area contributed by atoms with Gasteiger partial charge < -0.3 is 11.1 Å². The molecule has 0 spiro atoms. The maximum Gasteiger partial charge on any atom is 0.261 e. The Bertz CT molecular complexity index is 1630. The standard InChI is InChI=1S/C29H28N6O/c1-17(2)21-12-10-20(11-13-21)16-31-35-27(30)25(29(36)32-22-14-9-18(3)19(4)15-22)26-28(35)34-24-8-6-5-7-23(24)33-26/h5-17H,30H2,1-4H3,(H,32,36). The monoisotopic (exact) mass is 476 g/mol. The predicted octanol–water partition coefficient (Wildman–Crippen LogP) is 6.04. The number of nitrogens with two attached hydrogens (primary N) is 1. The molecular formula is C29H28N6O. The molecule has 0 fully saturated rings. The summed E-state index contributed by atoms with van der Waals surface area (Å²) in [6, 6.07) is 21.5. The Kier molecular flexibility index (Phi) is 5.98. The topological polar surface area (TPSA) is 98.2 Å². The van der Waals surface area contributed by atoms with E-state index >= 15 is 0 Å². The molecule has 1 amide bonds. The molecule has 0 radical (unpaired) electrons. The fourth-order valence-electron chi connectivity index (χ4n) is 4.09. The summed E-state index contributed by atoms with van der Waals surface area (Å²) in [5, 5.41) is 7.56. The van der Waals surface area contributed by atoms with E-state index in [2.05, 4.69) is 36.4 Å². The van der Waals surface area contributed by atoms with Crippen LogP contribution in [-0.2, 0) is 0 Å². The quantitative estimate of drug-likeness (QED) is 0.302. The van der Waals surface area contributed by atoms with Crippen LogP contribution in [0.5, 0.6) is 0 Å². The van der Waals surface area contributed by atoms with Crippen molar-refractivity contribution >= 4 is 45.8 Å². The van der Waals surface area contributed by atoms with Crippen LogP contribution in [0.3, 0.4) is 0 Å². The third kappa shape index (κ3) is 4.31. The molecule has 180 valence electrons. The molecule has 0 aliphatic rings. The molecule has 0 aliphatic heterocycles. The number of nitrogens with zero attached hydrogens (tertiary/aromatic N) is 4. The molecule has 0 saturated carbocycles. The van der Waals surface area contributed by atoms with Crippen molar-refractivity contribution in [3.63, 3.8) is 0 Å². The van der Waals surface area contributed by atoms with Gasteiger partial charge in [-0.15, -0.1) is 0 Å². The molecule has 7 nitrogen and oxygen atoms in total. The average Bonchev–Trinajstić information content (AvgIpc) is 3.13. The van der Waals surface area contributed by atoms with Crippen molar-refractivity contribution in [3.8, 4) is 0 Å². The molecule has 0 aliphatic carbocycles. The Hall–Kier alpha value is -4.52. The van der Waals surface area contributed by atoms with Gasteiger partial charge in [-0.25, -0.2) is 9.97 Å². The predicted molar refractivity (Wildman–Crippen MR) is 147 cm³/mol. The number of anilines is 2. The molecule has 0 saturated heterocycles. The molecule has 5 aromatic rings. The highest BCUT2D eigenvalue weighted by atomic mass is 16.1. The van der Waals surface area contributed by atoms with E-state index in [-0.39, 0.29) is 17.3 Å². The van der Waals surface area contributed by atoms with Gasteiger partial charge in [0.05, 0.1) is 17.2 Å². The summed E-state index contributed by atoms with van der Waals surface area (Å²) in [5.41, 5.74) is 14.1. The molecule has 0 atom stereocenters. The van der Waals surface area contributed by atoms with Crippen LogP contribution in [0.15, 0.2) is 71.8 Å². The number of carbonyl (C=O) groups excluding carboxylic acids is 1. The van der Waals surface area contributed by atoms with Gasteiger partial charge in [0.25, 0.3) is 5.91 Å². The van der Waals surface area contributed by atoms with Crippen molar-refractivity contribution in [2.24, 2.45) is 5.10 Å². The van der Waals surface area contributed by atoms with E-state index in [9.17, 15) is 4.79 Å². The Morgan fingerprint density at radius 3 is 2.33 bits per heavy atom. The third-order valence-electron chi connectivity index (χ3n) is 6.39. The van der Waals surface area contributed by atoms with Crippen LogP contribution in [0.1, 0.15) is 52.4 Å². The van der Waals surface area contributed by atoms with E-state index in [1.807, 2.05) is 68.4 Å². The number of hydrogen-bond acceptors (Lipinski definition) is 5. The molecule has 36 heavy (non-hydrogen) atoms. The number of rotatable bonds is 5. The van der Waals surface area contributed by atoms with E-state index in [1.165, 1.54) is 10.2 Å². The fraction of sp³-hybridized carbons (Fsp3) is 0.172. The summed E-state index contributed by atoms with van der Waals surface area (Å²) >= 11 is 0. The van der Waals surface area contributed by atoms with Gasteiger partial charge in [-0.3, -0.25) is 4.79 Å². The zero-order valence-electron chi connectivity index (χ0n) is 20.8. The Balaban J connectivity index is 1.61. The van der Waals surface area contributed by atoms with E-state index in [1.54, 1.807) is 6.21 Å². The highest BCUT2D eigenvalue weighted by Crippen LogP contribution is 2.29. The fourth-order valence-corrected chi connectivity index (χ4v) is 4.09. The lowest BCUT2D eigenvalue weighted by molar-refractivity contribution is 0.102. The van der Waals surface area contributed by atoms with Gasteiger partial charge in [-0.05, 0) is 66.3 Å². The second kappa shape index (κ2) is 9.26. The number of hydrogen-bond donors (Lipinski definition) is 2. The molecule has 2 heterocycles. The number of benzene rings is 3. The molecule has 0 unspecified atom stereocenters. The number of aryl methyl sites for hydroxylation is 2. The second-order valence-electron chi connectivity index (χ2n) is 9.28. The van der Waals surface area contributed by atoms with Crippen LogP contribution in [0.25, 0.3) is 22.2 Å². The Morgan fingerprint density at radius 2 is 1.67 bits per heavy atom. The van der Waals surface area contributed by atoms with Gasteiger partial charge in [0.2, 0.25) is 0 Å². The van der Waals surface area contributed by atoms with Crippen LogP contribution in [0, 0.1) is 13.8 Å². The van der Waals surface area contributed by atoms with Crippen molar-refractivity contribution in [3.05, 3.63) is 94.5 Å². The minimum Gasteiger partial charge on any atom is -0.383 e. The molecule has 2 aromatic heterocycles. The van der Waals surface area contributed by atoms with Crippen LogP contribution in [0.2, 0.25) is 0 Å². The number of para-hydroxylation sites is 2. The largest absolute Gasteiger partial charge is 0.383 e. The molecule has 5 rings (SSSR count). The summed E-state index contributed by atoms with van der Waals surface area (Å²) in [4.78, 5) is 22.9. The summed E-state index contributed by atoms with van der Waals surface area (Å²) < 4.78 is 1.49. The SMILES string of the molecule is Cc1ccc(NC(=O)c2c(N)n(N=Cc3ccc(C(C)C)cc3)c3nc4ccccc4nc23)cc1C. The highest BCUT2D eigenvalue weighted by Gasteiger charge is 2.24. The number of carbonyl (C=O) groups is 1. The molecule has 7 heteroatoms. The molecule has 3 N–H and O–H groups in total. The van der Waals surface area contributed by atoms with Gasteiger partial charge in [0.15, 0.2) is 5.65 Å². The first-order valence-corrected chi connectivity index (χ1v) is 11.9. The Labute approximate surface area is 209 Å². The number of nitrogen functional groups attached to an aromatic ring is 1. The van der Waals surface area contributed by atoms with Crippen LogP contribution < -0.4 is 11.1 Å². The minimum absolute atomic E-state index is 0.177. The zero-order valence-corrected chi connectivity index (χ0v) is 20.8. The third-order valence-corrected chi connectivity index (χ3v) is 6.39. The van der Waals surface area contributed by atoms with Crippen molar-refractivity contribution in [1.29, 1.82) is 0 Å². The first kappa shape index (κ1) is 23.2. The van der Waals surface area contributed by atoms with Crippen LogP contribution >= 0.6 is 0 Å². The lowest BCUT2D eigenvalue weighted by Gasteiger charge is -2.08. The maximum absolute atomic E-state index is 13.4. The Morgan fingerprint density at radius 1 is 0.972 bits per heavy atom. The van der Waals surface area contributed by atoms with E-state index < -0.39 is 0 Å². The van der Waals surface area contributed by atoms with Gasteiger partial charge in [0.1, 0.15) is 16.9 Å². The van der Waals surface area contributed by atoms with Gasteiger partial charge in [-0.2, -0.15) is 9.78 Å². The summed E-state index contributed by atoms with van der Waals surface area (Å²) in [5.74, 6) is 0.263. The van der Waals surface area contributed by atoms with E-state index in [4.69, 9.17) is 15.7 Å². The maximum atomic E-state index is 13.4. The lowest BCUT2D eigenvalue weighted by atomic mass is 10.0. The normalized spacial score (nSPS) is 11.7. The highest BCUT2D eigenvalue weighted by molar-refractivity contribution is 6.16. The van der Waals surface area contributed by atoms with Crippen molar-refractivity contribution in [1.82, 2.24) is 14.6 Å². The zero-order chi connectivity index (χ0) is 25.4. The molecular weight excluding hydrogens is 448 g/mol. The average molecular weight is 477 g/mol. The smallest absolute Gasteiger partial charge is 0.261 e. The second-order valence-corrected chi connectivity index (χ2v) is 9.28. The summed E-state index contributed by atoms with van der Waals surface area (Å²) in [6.45, 7) is 8.35. The number of nitrogens with one attached hydrogen (secondary N) is 1. The van der Waals surface area contributed by atoms with Crippen molar-refractivity contribution in [2.75, 3.05) is 11.1 Å². The minimum atomic E-state index is -0.361. The van der Waals surface area contributed by atoms with Crippen molar-refractivity contribution < 1.29 is 4.79 Å². The van der Waals surface area contributed by atoms with E-state index in [0.717, 1.165) is 16.7 Å². The first-order valence-electron chi connectivity index (χ1n) is 11.9. The number of aromatic nitrogens is 3. The van der Waals surface area contributed by atoms with Crippen molar-refractivity contribution in [2.45, 2.75) is 33.6 Å².